The van der Waals surface area contributed by atoms with Crippen LogP contribution in [-0.4, -0.2) is 0 Å². The van der Waals surface area contributed by atoms with Crippen molar-refractivity contribution in [3.05, 3.63) is 32.8 Å². The summed E-state index contributed by atoms with van der Waals surface area (Å²) in [6.07, 6.45) is 0. The highest BCUT2D eigenvalue weighted by atomic mass is 35.5. The summed E-state index contributed by atoms with van der Waals surface area (Å²) in [6, 6.07) is 3.28. The molecule has 0 nitrogen and oxygen atoms in total. The molecule has 1 aromatic carbocycles. The standard InChI is InChI=1S/C7H4Cl4/c8-3-4-1-5(9)2-6(10)7(4)11/h1-2H,3H2. The fourth-order valence-electron chi connectivity index (χ4n) is 0.707. The van der Waals surface area contributed by atoms with E-state index in [0.717, 1.165) is 5.56 Å². The van der Waals surface area contributed by atoms with Gasteiger partial charge >= 0.3 is 0 Å². The van der Waals surface area contributed by atoms with Gasteiger partial charge in [-0.2, -0.15) is 0 Å². The van der Waals surface area contributed by atoms with Gasteiger partial charge in [0.2, 0.25) is 0 Å². The Morgan fingerprint density at radius 2 is 1.73 bits per heavy atom. The predicted molar refractivity (Wildman–Crippen MR) is 51.0 cm³/mol. The molecular weight excluding hydrogens is 226 g/mol. The second-order valence-corrected chi connectivity index (χ2v) is 3.48. The Balaban J connectivity index is 3.24. The Morgan fingerprint density at radius 3 is 2.27 bits per heavy atom. The molecule has 0 atom stereocenters. The second kappa shape index (κ2) is 3.86. The van der Waals surface area contributed by atoms with E-state index < -0.39 is 0 Å². The molecule has 0 spiro atoms. The molecule has 0 aliphatic rings. The highest BCUT2D eigenvalue weighted by Crippen LogP contribution is 2.30. The number of hydrogen-bond acceptors (Lipinski definition) is 0. The van der Waals surface area contributed by atoms with Gasteiger partial charge in [-0.15, -0.1) is 11.6 Å². The minimum Gasteiger partial charge on any atom is -0.121 e. The van der Waals surface area contributed by atoms with E-state index in [-0.39, 0.29) is 0 Å². The van der Waals surface area contributed by atoms with E-state index in [1.807, 2.05) is 0 Å². The van der Waals surface area contributed by atoms with Crippen molar-refractivity contribution in [3.63, 3.8) is 0 Å². The minimum absolute atomic E-state index is 0.319. The lowest BCUT2D eigenvalue weighted by Crippen LogP contribution is -1.81. The third-order valence-corrected chi connectivity index (χ3v) is 2.56. The molecule has 0 saturated carbocycles. The van der Waals surface area contributed by atoms with Gasteiger partial charge in [0.15, 0.2) is 0 Å². The average Bonchev–Trinajstić information content (AvgIpc) is 1.96. The summed E-state index contributed by atoms with van der Waals surface area (Å²) >= 11 is 22.8. The molecule has 0 bridgehead atoms. The maximum Gasteiger partial charge on any atom is 0.0637 e. The fourth-order valence-corrected chi connectivity index (χ4v) is 1.70. The van der Waals surface area contributed by atoms with Crippen LogP contribution < -0.4 is 0 Å². The average molecular weight is 230 g/mol. The van der Waals surface area contributed by atoms with Gasteiger partial charge in [-0.3, -0.25) is 0 Å². The van der Waals surface area contributed by atoms with Crippen LogP contribution in [0, 0.1) is 0 Å². The van der Waals surface area contributed by atoms with Crippen LogP contribution in [0.3, 0.4) is 0 Å². The van der Waals surface area contributed by atoms with Crippen molar-refractivity contribution < 1.29 is 0 Å². The third-order valence-electron chi connectivity index (χ3n) is 1.21. The Labute approximate surface area is 85.0 Å². The molecule has 0 aliphatic carbocycles. The maximum atomic E-state index is 5.79. The zero-order valence-electron chi connectivity index (χ0n) is 5.37. The topological polar surface area (TPSA) is 0 Å². The summed E-state index contributed by atoms with van der Waals surface area (Å²) in [6.45, 7) is 0. The largest absolute Gasteiger partial charge is 0.121 e. The van der Waals surface area contributed by atoms with Crippen LogP contribution in [0.15, 0.2) is 12.1 Å². The van der Waals surface area contributed by atoms with Crippen molar-refractivity contribution in [2.75, 3.05) is 0 Å². The molecule has 0 aliphatic heterocycles. The third kappa shape index (κ3) is 2.16. The van der Waals surface area contributed by atoms with E-state index >= 15 is 0 Å². The SMILES string of the molecule is ClCc1cc(Cl)cc(Cl)c1Cl. The molecule has 11 heavy (non-hydrogen) atoms. The van der Waals surface area contributed by atoms with Crippen LogP contribution in [0.5, 0.6) is 0 Å². The van der Waals surface area contributed by atoms with Gasteiger partial charge in [0.1, 0.15) is 0 Å². The van der Waals surface area contributed by atoms with Crippen molar-refractivity contribution >= 4 is 46.4 Å². The molecule has 4 heteroatoms. The van der Waals surface area contributed by atoms with Crippen LogP contribution in [0.25, 0.3) is 0 Å². The first kappa shape index (κ1) is 9.47. The first-order valence-electron chi connectivity index (χ1n) is 2.84. The molecule has 0 fully saturated rings. The van der Waals surface area contributed by atoms with Crippen molar-refractivity contribution in [1.29, 1.82) is 0 Å². The van der Waals surface area contributed by atoms with Crippen molar-refractivity contribution in [3.8, 4) is 0 Å². The molecule has 60 valence electrons. The van der Waals surface area contributed by atoms with Crippen molar-refractivity contribution in [2.24, 2.45) is 0 Å². The number of alkyl halides is 1. The van der Waals surface area contributed by atoms with Gasteiger partial charge in [-0.05, 0) is 17.7 Å². The number of rotatable bonds is 1. The monoisotopic (exact) mass is 228 g/mol. The number of hydrogen-bond donors (Lipinski definition) is 0. The molecule has 1 rings (SSSR count). The zero-order valence-corrected chi connectivity index (χ0v) is 8.40. The Morgan fingerprint density at radius 1 is 1.09 bits per heavy atom. The zero-order chi connectivity index (χ0) is 8.43. The van der Waals surface area contributed by atoms with Crippen LogP contribution in [0.2, 0.25) is 15.1 Å². The number of benzene rings is 1. The van der Waals surface area contributed by atoms with Crippen molar-refractivity contribution in [2.45, 2.75) is 5.88 Å². The van der Waals surface area contributed by atoms with Gasteiger partial charge in [0.25, 0.3) is 0 Å². The quantitative estimate of drug-likeness (QED) is 0.495. The van der Waals surface area contributed by atoms with Crippen LogP contribution in [0.4, 0.5) is 0 Å². The van der Waals surface area contributed by atoms with E-state index in [4.69, 9.17) is 46.4 Å². The highest BCUT2D eigenvalue weighted by Gasteiger charge is 2.04. The molecule has 1 aromatic rings. The second-order valence-electron chi connectivity index (χ2n) is 1.99. The molecule has 0 radical (unpaired) electrons. The van der Waals surface area contributed by atoms with Gasteiger partial charge in [0.05, 0.1) is 10.0 Å². The summed E-state index contributed by atoms with van der Waals surface area (Å²) < 4.78 is 0. The lowest BCUT2D eigenvalue weighted by atomic mass is 10.2. The molecular formula is C7H4Cl4. The van der Waals surface area contributed by atoms with Crippen molar-refractivity contribution in [1.82, 2.24) is 0 Å². The van der Waals surface area contributed by atoms with Gasteiger partial charge < -0.3 is 0 Å². The molecule has 0 amide bonds. The fraction of sp³-hybridized carbons (Fsp3) is 0.143. The summed E-state index contributed by atoms with van der Waals surface area (Å²) in [4.78, 5) is 0. The summed E-state index contributed by atoms with van der Waals surface area (Å²) in [7, 11) is 0. The Hall–Kier alpha value is 0.380. The highest BCUT2D eigenvalue weighted by molar-refractivity contribution is 6.44. The molecule has 0 heterocycles. The lowest BCUT2D eigenvalue weighted by molar-refractivity contribution is 1.40. The van der Waals surface area contributed by atoms with E-state index in [1.54, 1.807) is 12.1 Å². The molecule has 0 aromatic heterocycles. The van der Waals surface area contributed by atoms with Crippen LogP contribution >= 0.6 is 46.4 Å². The molecule has 0 N–H and O–H groups in total. The van der Waals surface area contributed by atoms with E-state index in [9.17, 15) is 0 Å². The maximum absolute atomic E-state index is 5.79. The molecule has 0 saturated heterocycles. The van der Waals surface area contributed by atoms with Crippen LogP contribution in [0.1, 0.15) is 5.56 Å². The Bertz CT molecular complexity index is 269. The minimum atomic E-state index is 0.319. The summed E-state index contributed by atoms with van der Waals surface area (Å²) in [5.74, 6) is 0.319. The lowest BCUT2D eigenvalue weighted by Gasteiger charge is -2.02. The van der Waals surface area contributed by atoms with Crippen LogP contribution in [-0.2, 0) is 5.88 Å². The summed E-state index contributed by atoms with van der Waals surface area (Å²) in [5.41, 5.74) is 0.755. The number of halogens is 4. The Kier molecular flexibility index (Phi) is 3.32. The molecule has 0 unspecified atom stereocenters. The van der Waals surface area contributed by atoms with E-state index in [1.165, 1.54) is 0 Å². The van der Waals surface area contributed by atoms with E-state index in [0.29, 0.717) is 20.9 Å². The summed E-state index contributed by atoms with van der Waals surface area (Å²) in [5, 5.41) is 1.47. The van der Waals surface area contributed by atoms with E-state index in [2.05, 4.69) is 0 Å². The van der Waals surface area contributed by atoms with Gasteiger partial charge in [0, 0.05) is 10.9 Å². The normalized spacial score (nSPS) is 10.2. The smallest absolute Gasteiger partial charge is 0.0637 e. The van der Waals surface area contributed by atoms with Gasteiger partial charge in [-0.25, -0.2) is 0 Å². The first-order chi connectivity index (χ1) is 5.15. The predicted octanol–water partition coefficient (Wildman–Crippen LogP) is 4.39. The first-order valence-corrected chi connectivity index (χ1v) is 4.51. The van der Waals surface area contributed by atoms with Gasteiger partial charge in [-0.1, -0.05) is 34.8 Å².